The molecule has 6 heteroatoms. The summed E-state index contributed by atoms with van der Waals surface area (Å²) in [7, 11) is 1.64. The lowest BCUT2D eigenvalue weighted by Crippen LogP contribution is -2.41. The number of aliphatic hydroxyl groups is 1. The smallest absolute Gasteiger partial charge is 0.241 e. The minimum absolute atomic E-state index is 0.0968. The largest absolute Gasteiger partial charge is 0.497 e. The average molecular weight is 331 g/mol. The minimum atomic E-state index is 0.0968. The molecule has 2 aromatic rings. The fourth-order valence-electron chi connectivity index (χ4n) is 3.18. The Morgan fingerprint density at radius 1 is 1.25 bits per heavy atom. The second-order valence-corrected chi connectivity index (χ2v) is 6.53. The molecule has 1 aliphatic rings. The van der Waals surface area contributed by atoms with E-state index in [0.29, 0.717) is 18.3 Å². The molecule has 3 rings (SSSR count). The van der Waals surface area contributed by atoms with Gasteiger partial charge in [-0.15, -0.1) is 0 Å². The number of hydrogen-bond donors (Lipinski definition) is 1. The Balaban J connectivity index is 1.60. The molecule has 1 fully saturated rings. The summed E-state index contributed by atoms with van der Waals surface area (Å²) in [6.07, 6.45) is 3.05. The first-order chi connectivity index (χ1) is 11.7. The summed E-state index contributed by atoms with van der Waals surface area (Å²) in [4.78, 5) is 6.81. The Hall–Kier alpha value is -1.92. The number of methoxy groups -OCH3 is 1. The van der Waals surface area contributed by atoms with E-state index in [4.69, 9.17) is 9.26 Å². The van der Waals surface area contributed by atoms with Gasteiger partial charge < -0.3 is 14.4 Å². The van der Waals surface area contributed by atoms with Crippen molar-refractivity contribution in [3.05, 3.63) is 30.2 Å². The molecule has 24 heavy (non-hydrogen) atoms. The molecule has 0 amide bonds. The van der Waals surface area contributed by atoms with Crippen LogP contribution in [0.15, 0.2) is 28.8 Å². The molecule has 0 spiro atoms. The van der Waals surface area contributed by atoms with Crippen LogP contribution < -0.4 is 4.74 Å². The third-order valence-corrected chi connectivity index (χ3v) is 5.18. The fraction of sp³-hybridized carbons (Fsp3) is 0.556. The highest BCUT2D eigenvalue weighted by Gasteiger charge is 2.32. The molecule has 1 N–H and O–H groups in total. The minimum Gasteiger partial charge on any atom is -0.497 e. The molecular weight excluding hydrogens is 306 g/mol. The van der Waals surface area contributed by atoms with Gasteiger partial charge in [0.2, 0.25) is 11.7 Å². The number of hydrogen-bond acceptors (Lipinski definition) is 6. The van der Waals surface area contributed by atoms with Gasteiger partial charge in [-0.2, -0.15) is 4.98 Å². The number of aromatic nitrogens is 2. The lowest BCUT2D eigenvalue weighted by molar-refractivity contribution is 0.0348. The zero-order valence-electron chi connectivity index (χ0n) is 14.4. The van der Waals surface area contributed by atoms with E-state index in [1.54, 1.807) is 7.11 Å². The molecule has 0 bridgehead atoms. The van der Waals surface area contributed by atoms with Crippen LogP contribution >= 0.6 is 0 Å². The van der Waals surface area contributed by atoms with E-state index in [1.165, 1.54) is 0 Å². The van der Waals surface area contributed by atoms with Crippen molar-refractivity contribution in [1.82, 2.24) is 15.0 Å². The predicted octanol–water partition coefficient (Wildman–Crippen LogP) is 2.73. The molecule has 2 heterocycles. The topological polar surface area (TPSA) is 71.6 Å². The average Bonchev–Trinajstić information content (AvgIpc) is 3.11. The van der Waals surface area contributed by atoms with Gasteiger partial charge in [0.1, 0.15) is 5.75 Å². The maximum Gasteiger partial charge on any atom is 0.241 e. The van der Waals surface area contributed by atoms with Gasteiger partial charge in [-0.1, -0.05) is 12.1 Å². The number of aliphatic hydroxyl groups excluding tert-OH is 1. The summed E-state index contributed by atoms with van der Waals surface area (Å²) in [5.41, 5.74) is 1.01. The van der Waals surface area contributed by atoms with Gasteiger partial charge in [0.05, 0.1) is 13.7 Å². The number of ether oxygens (including phenoxy) is 1. The van der Waals surface area contributed by atoms with Crippen LogP contribution in [-0.2, 0) is 6.54 Å². The van der Waals surface area contributed by atoms with E-state index >= 15 is 0 Å². The summed E-state index contributed by atoms with van der Waals surface area (Å²) in [5.74, 6) is 2.04. The van der Waals surface area contributed by atoms with Crippen molar-refractivity contribution in [3.8, 4) is 17.1 Å². The second kappa shape index (κ2) is 7.32. The molecule has 0 radical (unpaired) electrons. The molecule has 0 unspecified atom stereocenters. The van der Waals surface area contributed by atoms with Crippen LogP contribution in [0.4, 0.5) is 0 Å². The summed E-state index contributed by atoms with van der Waals surface area (Å²) in [5, 5.41) is 13.7. The van der Waals surface area contributed by atoms with Gasteiger partial charge in [0.15, 0.2) is 0 Å². The van der Waals surface area contributed by atoms with Gasteiger partial charge in [0.25, 0.3) is 0 Å². The number of rotatable bonds is 6. The molecule has 1 aromatic carbocycles. The first-order valence-corrected chi connectivity index (χ1v) is 8.48. The van der Waals surface area contributed by atoms with Crippen molar-refractivity contribution in [2.24, 2.45) is 5.41 Å². The van der Waals surface area contributed by atoms with E-state index in [0.717, 1.165) is 43.7 Å². The molecule has 130 valence electrons. The van der Waals surface area contributed by atoms with E-state index in [-0.39, 0.29) is 12.0 Å². The number of likely N-dealkylation sites (tertiary alicyclic amines) is 1. The summed E-state index contributed by atoms with van der Waals surface area (Å²) < 4.78 is 10.6. The van der Waals surface area contributed by atoms with E-state index < -0.39 is 0 Å². The summed E-state index contributed by atoms with van der Waals surface area (Å²) >= 11 is 0. The molecule has 0 saturated carbocycles. The van der Waals surface area contributed by atoms with Crippen LogP contribution in [0, 0.1) is 5.41 Å². The van der Waals surface area contributed by atoms with Crippen LogP contribution in [0.2, 0.25) is 0 Å². The highest BCUT2D eigenvalue weighted by molar-refractivity contribution is 5.55. The first-order valence-electron chi connectivity index (χ1n) is 8.48. The Morgan fingerprint density at radius 3 is 2.54 bits per heavy atom. The van der Waals surface area contributed by atoms with E-state index in [2.05, 4.69) is 22.0 Å². The van der Waals surface area contributed by atoms with Crippen molar-refractivity contribution in [2.75, 3.05) is 26.8 Å². The van der Waals surface area contributed by atoms with Gasteiger partial charge in [-0.3, -0.25) is 4.90 Å². The summed E-state index contributed by atoms with van der Waals surface area (Å²) in [6, 6.07) is 7.61. The van der Waals surface area contributed by atoms with Crippen LogP contribution in [0.25, 0.3) is 11.4 Å². The summed E-state index contributed by atoms with van der Waals surface area (Å²) in [6.45, 7) is 5.00. The van der Waals surface area contributed by atoms with Crippen LogP contribution in [0.3, 0.4) is 0 Å². The van der Waals surface area contributed by atoms with Crippen LogP contribution in [0.5, 0.6) is 5.75 Å². The molecule has 1 saturated heterocycles. The molecule has 1 aliphatic heterocycles. The third-order valence-electron chi connectivity index (χ3n) is 5.18. The van der Waals surface area contributed by atoms with Crippen molar-refractivity contribution in [1.29, 1.82) is 0 Å². The molecular formula is C18H25N3O3. The number of piperidine rings is 1. The Bertz CT molecular complexity index is 640. The first kappa shape index (κ1) is 16.9. The SMILES string of the molecule is CCC1(CO)CCN(Cc2nc(-c3ccc(OC)cc3)no2)CC1. The van der Waals surface area contributed by atoms with Crippen LogP contribution in [-0.4, -0.2) is 47.0 Å². The van der Waals surface area contributed by atoms with Gasteiger partial charge >= 0.3 is 0 Å². The van der Waals surface area contributed by atoms with Crippen molar-refractivity contribution in [3.63, 3.8) is 0 Å². The number of nitrogens with zero attached hydrogens (tertiary/aromatic N) is 3. The Labute approximate surface area is 142 Å². The lowest BCUT2D eigenvalue weighted by Gasteiger charge is -2.39. The van der Waals surface area contributed by atoms with E-state index in [1.807, 2.05) is 24.3 Å². The number of benzene rings is 1. The fourth-order valence-corrected chi connectivity index (χ4v) is 3.18. The molecule has 0 aliphatic carbocycles. The van der Waals surface area contributed by atoms with Crippen molar-refractivity contribution < 1.29 is 14.4 Å². The molecule has 1 aromatic heterocycles. The van der Waals surface area contributed by atoms with Gasteiger partial charge in [0, 0.05) is 12.2 Å². The van der Waals surface area contributed by atoms with E-state index in [9.17, 15) is 5.11 Å². The maximum absolute atomic E-state index is 9.62. The monoisotopic (exact) mass is 331 g/mol. The zero-order chi connectivity index (χ0) is 17.0. The molecule has 6 nitrogen and oxygen atoms in total. The highest BCUT2D eigenvalue weighted by Crippen LogP contribution is 2.34. The molecule has 0 atom stereocenters. The quantitative estimate of drug-likeness (QED) is 0.877. The second-order valence-electron chi connectivity index (χ2n) is 6.53. The van der Waals surface area contributed by atoms with Crippen molar-refractivity contribution >= 4 is 0 Å². The Morgan fingerprint density at radius 2 is 1.96 bits per heavy atom. The lowest BCUT2D eigenvalue weighted by atomic mass is 9.77. The van der Waals surface area contributed by atoms with Crippen LogP contribution in [0.1, 0.15) is 32.1 Å². The normalized spacial score (nSPS) is 17.8. The standard InChI is InChI=1S/C18H25N3O3/c1-3-18(13-22)8-10-21(11-9-18)12-16-19-17(20-24-16)14-4-6-15(23-2)7-5-14/h4-7,22H,3,8-13H2,1-2H3. The maximum atomic E-state index is 9.62. The van der Waals surface area contributed by atoms with Gasteiger partial charge in [-0.25, -0.2) is 0 Å². The van der Waals surface area contributed by atoms with Gasteiger partial charge in [-0.05, 0) is 62.0 Å². The third kappa shape index (κ3) is 3.60. The predicted molar refractivity (Wildman–Crippen MR) is 90.6 cm³/mol. The highest BCUT2D eigenvalue weighted by atomic mass is 16.5. The Kier molecular flexibility index (Phi) is 5.16. The van der Waals surface area contributed by atoms with Crippen molar-refractivity contribution in [2.45, 2.75) is 32.7 Å². The zero-order valence-corrected chi connectivity index (χ0v) is 14.4.